The lowest BCUT2D eigenvalue weighted by Gasteiger charge is -2.08. The first kappa shape index (κ1) is 17.8. The molecule has 0 spiro atoms. The van der Waals surface area contributed by atoms with Crippen LogP contribution < -0.4 is 5.32 Å². The molecule has 0 bridgehead atoms. The number of hydrogen-bond donors (Lipinski definition) is 1. The van der Waals surface area contributed by atoms with Crippen molar-refractivity contribution in [2.75, 3.05) is 5.32 Å². The van der Waals surface area contributed by atoms with Crippen molar-refractivity contribution in [3.63, 3.8) is 0 Å². The van der Waals surface area contributed by atoms with Crippen LogP contribution in [0.15, 0.2) is 54.6 Å². The van der Waals surface area contributed by atoms with Gasteiger partial charge in [-0.3, -0.25) is 4.79 Å². The van der Waals surface area contributed by atoms with E-state index in [0.717, 1.165) is 6.08 Å². The summed E-state index contributed by atoms with van der Waals surface area (Å²) in [5.41, 5.74) is 2.61. The number of benzene rings is 2. The lowest BCUT2D eigenvalue weighted by Crippen LogP contribution is -2.11. The Morgan fingerprint density at radius 2 is 1.58 bits per heavy atom. The fourth-order valence-electron chi connectivity index (χ4n) is 2.09. The molecule has 0 saturated carbocycles. The van der Waals surface area contributed by atoms with Gasteiger partial charge in [0.2, 0.25) is 0 Å². The number of allylic oxidation sites excluding steroid dienone is 1. The summed E-state index contributed by atoms with van der Waals surface area (Å²) >= 11 is 0. The second kappa shape index (κ2) is 7.34. The van der Waals surface area contributed by atoms with Crippen molar-refractivity contribution in [2.45, 2.75) is 25.9 Å². The third-order valence-corrected chi connectivity index (χ3v) is 3.47. The molecule has 2 rings (SSSR count). The Labute approximate surface area is 139 Å². The lowest BCUT2D eigenvalue weighted by atomic mass is 10.0. The first-order valence-corrected chi connectivity index (χ1v) is 7.52. The van der Waals surface area contributed by atoms with Gasteiger partial charge in [0, 0.05) is 17.3 Å². The van der Waals surface area contributed by atoms with E-state index in [4.69, 9.17) is 0 Å². The molecule has 0 radical (unpaired) electrons. The summed E-state index contributed by atoms with van der Waals surface area (Å²) in [7, 11) is 0. The Morgan fingerprint density at radius 3 is 2.08 bits per heavy atom. The standard InChI is InChI=1S/C19H18F3NO/c1-13(2)15-7-9-17(10-8-15)23-18(24)16-5-3-14(4-6-16)11-12-19(20,21)22/h3-13H,1-2H3,(H,23,24)/b12-11+. The van der Waals surface area contributed by atoms with Gasteiger partial charge in [-0.2, -0.15) is 13.2 Å². The monoisotopic (exact) mass is 333 g/mol. The minimum Gasteiger partial charge on any atom is -0.322 e. The maximum Gasteiger partial charge on any atom is 0.409 e. The van der Waals surface area contributed by atoms with Crippen LogP contribution in [0.1, 0.15) is 41.3 Å². The fraction of sp³-hybridized carbons (Fsp3) is 0.211. The molecule has 0 aromatic heterocycles. The van der Waals surface area contributed by atoms with E-state index in [1.165, 1.54) is 29.8 Å². The molecule has 0 heterocycles. The molecule has 0 aliphatic rings. The summed E-state index contributed by atoms with van der Waals surface area (Å²) < 4.78 is 36.4. The number of halogens is 3. The summed E-state index contributed by atoms with van der Waals surface area (Å²) in [6, 6.07) is 13.5. The van der Waals surface area contributed by atoms with E-state index in [-0.39, 0.29) is 12.0 Å². The van der Waals surface area contributed by atoms with Crippen molar-refractivity contribution in [3.05, 3.63) is 71.3 Å². The van der Waals surface area contributed by atoms with Gasteiger partial charge in [-0.25, -0.2) is 0 Å². The Morgan fingerprint density at radius 1 is 1.00 bits per heavy atom. The quantitative estimate of drug-likeness (QED) is 0.771. The largest absolute Gasteiger partial charge is 0.409 e. The van der Waals surface area contributed by atoms with Gasteiger partial charge in [-0.15, -0.1) is 0 Å². The van der Waals surface area contributed by atoms with Gasteiger partial charge in [0.25, 0.3) is 5.91 Å². The highest BCUT2D eigenvalue weighted by Gasteiger charge is 2.21. The number of carbonyl (C=O) groups is 1. The average molecular weight is 333 g/mol. The van der Waals surface area contributed by atoms with Crippen LogP contribution in [0.3, 0.4) is 0 Å². The van der Waals surface area contributed by atoms with Crippen LogP contribution in [-0.4, -0.2) is 12.1 Å². The minimum absolute atomic E-state index is 0.165. The van der Waals surface area contributed by atoms with Crippen LogP contribution in [0.4, 0.5) is 18.9 Å². The van der Waals surface area contributed by atoms with Gasteiger partial charge in [0.15, 0.2) is 0 Å². The minimum atomic E-state index is -4.35. The molecule has 0 fully saturated rings. The first-order chi connectivity index (χ1) is 11.2. The van der Waals surface area contributed by atoms with Crippen LogP contribution in [-0.2, 0) is 0 Å². The molecule has 0 saturated heterocycles. The zero-order valence-electron chi connectivity index (χ0n) is 13.4. The van der Waals surface area contributed by atoms with E-state index in [2.05, 4.69) is 19.2 Å². The Balaban J connectivity index is 2.03. The highest BCUT2D eigenvalue weighted by molar-refractivity contribution is 6.04. The molecule has 1 amide bonds. The molecule has 0 atom stereocenters. The highest BCUT2D eigenvalue weighted by atomic mass is 19.4. The van der Waals surface area contributed by atoms with Gasteiger partial charge >= 0.3 is 6.18 Å². The molecule has 1 N–H and O–H groups in total. The number of alkyl halides is 3. The zero-order chi connectivity index (χ0) is 17.7. The molecule has 0 aliphatic carbocycles. The SMILES string of the molecule is CC(C)c1ccc(NC(=O)c2ccc(/C=C/C(F)(F)F)cc2)cc1. The van der Waals surface area contributed by atoms with Crippen molar-refractivity contribution < 1.29 is 18.0 Å². The third-order valence-electron chi connectivity index (χ3n) is 3.47. The highest BCUT2D eigenvalue weighted by Crippen LogP contribution is 2.19. The molecular formula is C19H18F3NO. The molecule has 2 aromatic carbocycles. The number of anilines is 1. The van der Waals surface area contributed by atoms with E-state index in [9.17, 15) is 18.0 Å². The summed E-state index contributed by atoms with van der Waals surface area (Å²) in [6.07, 6.45) is -3.22. The fourth-order valence-corrected chi connectivity index (χ4v) is 2.09. The Kier molecular flexibility index (Phi) is 5.44. The summed E-state index contributed by atoms with van der Waals surface area (Å²) in [6.45, 7) is 4.17. The summed E-state index contributed by atoms with van der Waals surface area (Å²) in [4.78, 5) is 12.2. The van der Waals surface area contributed by atoms with Gasteiger partial charge in [-0.1, -0.05) is 44.2 Å². The Bertz CT molecular complexity index is 714. The predicted molar refractivity (Wildman–Crippen MR) is 90.0 cm³/mol. The van der Waals surface area contributed by atoms with Crippen molar-refractivity contribution >= 4 is 17.7 Å². The number of amides is 1. The van der Waals surface area contributed by atoms with E-state index in [1.54, 1.807) is 0 Å². The summed E-state index contributed by atoms with van der Waals surface area (Å²) in [5, 5.41) is 2.76. The van der Waals surface area contributed by atoms with E-state index in [0.29, 0.717) is 22.7 Å². The average Bonchev–Trinajstić information content (AvgIpc) is 2.53. The van der Waals surface area contributed by atoms with Gasteiger partial charge in [0.1, 0.15) is 0 Å². The molecule has 0 unspecified atom stereocenters. The smallest absolute Gasteiger partial charge is 0.322 e. The van der Waals surface area contributed by atoms with Crippen molar-refractivity contribution in [1.29, 1.82) is 0 Å². The van der Waals surface area contributed by atoms with Gasteiger partial charge < -0.3 is 5.32 Å². The van der Waals surface area contributed by atoms with Gasteiger partial charge in [-0.05, 0) is 41.3 Å². The number of hydrogen-bond acceptors (Lipinski definition) is 1. The topological polar surface area (TPSA) is 29.1 Å². The van der Waals surface area contributed by atoms with Crippen LogP contribution >= 0.6 is 0 Å². The van der Waals surface area contributed by atoms with Crippen molar-refractivity contribution in [2.24, 2.45) is 0 Å². The zero-order valence-corrected chi connectivity index (χ0v) is 13.4. The molecule has 0 aliphatic heterocycles. The molecular weight excluding hydrogens is 315 g/mol. The van der Waals surface area contributed by atoms with Crippen LogP contribution in [0.25, 0.3) is 6.08 Å². The second-order valence-corrected chi connectivity index (χ2v) is 5.73. The Hall–Kier alpha value is -2.56. The van der Waals surface area contributed by atoms with Crippen molar-refractivity contribution in [1.82, 2.24) is 0 Å². The third kappa shape index (κ3) is 5.26. The maximum atomic E-state index is 12.2. The normalized spacial score (nSPS) is 11.9. The van der Waals surface area contributed by atoms with Crippen LogP contribution in [0.5, 0.6) is 0 Å². The molecule has 2 nitrogen and oxygen atoms in total. The van der Waals surface area contributed by atoms with Crippen molar-refractivity contribution in [3.8, 4) is 0 Å². The molecule has 126 valence electrons. The number of carbonyl (C=O) groups excluding carboxylic acids is 1. The number of nitrogens with one attached hydrogen (secondary N) is 1. The molecule has 24 heavy (non-hydrogen) atoms. The van der Waals surface area contributed by atoms with E-state index in [1.807, 2.05) is 24.3 Å². The van der Waals surface area contributed by atoms with Crippen LogP contribution in [0, 0.1) is 0 Å². The second-order valence-electron chi connectivity index (χ2n) is 5.73. The van der Waals surface area contributed by atoms with E-state index >= 15 is 0 Å². The molecule has 5 heteroatoms. The van der Waals surface area contributed by atoms with E-state index < -0.39 is 6.18 Å². The van der Waals surface area contributed by atoms with Crippen LogP contribution in [0.2, 0.25) is 0 Å². The number of rotatable bonds is 4. The lowest BCUT2D eigenvalue weighted by molar-refractivity contribution is -0.0790. The first-order valence-electron chi connectivity index (χ1n) is 7.52. The van der Waals surface area contributed by atoms with Gasteiger partial charge in [0.05, 0.1) is 0 Å². The molecule has 2 aromatic rings. The predicted octanol–water partition coefficient (Wildman–Crippen LogP) is 5.64. The summed E-state index contributed by atoms with van der Waals surface area (Å²) in [5.74, 6) is 0.102. The maximum absolute atomic E-state index is 12.2.